The molecule has 116 valence electrons. The molecule has 1 aromatic heterocycles. The third-order valence-electron chi connectivity index (χ3n) is 3.71. The first-order valence-electron chi connectivity index (χ1n) is 6.91. The lowest BCUT2D eigenvalue weighted by Crippen LogP contribution is -2.03. The predicted molar refractivity (Wildman–Crippen MR) is 82.3 cm³/mol. The molecule has 0 saturated heterocycles. The minimum atomic E-state index is -0.516. The van der Waals surface area contributed by atoms with Gasteiger partial charge in [-0.3, -0.25) is 4.79 Å². The number of rotatable bonds is 2. The van der Waals surface area contributed by atoms with Crippen molar-refractivity contribution in [2.75, 3.05) is 13.9 Å². The first-order chi connectivity index (χ1) is 11.2. The summed E-state index contributed by atoms with van der Waals surface area (Å²) in [5, 5.41) is 10.5. The Morgan fingerprint density at radius 1 is 1.09 bits per heavy atom. The molecular formula is C17H12O6. The van der Waals surface area contributed by atoms with Crippen molar-refractivity contribution >= 4 is 11.0 Å². The molecule has 2 heterocycles. The van der Waals surface area contributed by atoms with Crippen molar-refractivity contribution in [1.82, 2.24) is 0 Å². The zero-order chi connectivity index (χ0) is 16.0. The van der Waals surface area contributed by atoms with Crippen LogP contribution in [0.25, 0.3) is 22.3 Å². The molecule has 0 saturated carbocycles. The second-order valence-corrected chi connectivity index (χ2v) is 5.04. The molecule has 0 radical (unpaired) electrons. The number of ether oxygens (including phenoxy) is 3. The van der Waals surface area contributed by atoms with Gasteiger partial charge in [0, 0.05) is 5.56 Å². The minimum absolute atomic E-state index is 0.0889. The Morgan fingerprint density at radius 2 is 1.91 bits per heavy atom. The molecule has 0 amide bonds. The Morgan fingerprint density at radius 3 is 2.74 bits per heavy atom. The van der Waals surface area contributed by atoms with Crippen molar-refractivity contribution in [3.63, 3.8) is 0 Å². The molecule has 0 unspecified atom stereocenters. The smallest absolute Gasteiger partial charge is 0.235 e. The van der Waals surface area contributed by atoms with Gasteiger partial charge in [0.25, 0.3) is 0 Å². The van der Waals surface area contributed by atoms with Crippen molar-refractivity contribution in [3.8, 4) is 34.3 Å². The average Bonchev–Trinajstić information content (AvgIpc) is 3.05. The highest BCUT2D eigenvalue weighted by molar-refractivity contribution is 5.83. The first kappa shape index (κ1) is 13.5. The van der Waals surface area contributed by atoms with Crippen LogP contribution in [0.4, 0.5) is 0 Å². The number of aromatic hydroxyl groups is 1. The van der Waals surface area contributed by atoms with E-state index in [2.05, 4.69) is 0 Å². The normalized spacial score (nSPS) is 12.6. The van der Waals surface area contributed by atoms with E-state index in [-0.39, 0.29) is 17.9 Å². The van der Waals surface area contributed by atoms with Crippen LogP contribution in [0.2, 0.25) is 0 Å². The van der Waals surface area contributed by atoms with Gasteiger partial charge in [0.1, 0.15) is 11.3 Å². The molecule has 1 aliphatic heterocycles. The van der Waals surface area contributed by atoms with Gasteiger partial charge >= 0.3 is 0 Å². The van der Waals surface area contributed by atoms with Crippen molar-refractivity contribution in [1.29, 1.82) is 0 Å². The van der Waals surface area contributed by atoms with E-state index in [9.17, 15) is 9.90 Å². The highest BCUT2D eigenvalue weighted by Gasteiger charge is 2.19. The Bertz CT molecular complexity index is 973. The molecule has 1 N–H and O–H groups in total. The van der Waals surface area contributed by atoms with Gasteiger partial charge in [0.05, 0.1) is 12.5 Å². The zero-order valence-electron chi connectivity index (χ0n) is 12.2. The number of hydrogen-bond acceptors (Lipinski definition) is 6. The van der Waals surface area contributed by atoms with Gasteiger partial charge in [-0.05, 0) is 36.4 Å². The maximum Gasteiger partial charge on any atom is 0.235 e. The second kappa shape index (κ2) is 4.95. The Balaban J connectivity index is 1.94. The van der Waals surface area contributed by atoms with Crippen LogP contribution in [0.3, 0.4) is 0 Å². The summed E-state index contributed by atoms with van der Waals surface area (Å²) in [6.45, 7) is 0.145. The van der Waals surface area contributed by atoms with Crippen molar-refractivity contribution in [3.05, 3.63) is 46.6 Å². The largest absolute Gasteiger partial charge is 0.502 e. The lowest BCUT2D eigenvalue weighted by molar-refractivity contribution is 0.174. The van der Waals surface area contributed by atoms with Gasteiger partial charge < -0.3 is 23.7 Å². The summed E-state index contributed by atoms with van der Waals surface area (Å²) in [5.41, 5.74) is 0.376. The third kappa shape index (κ3) is 2.07. The zero-order valence-corrected chi connectivity index (χ0v) is 12.2. The topological polar surface area (TPSA) is 78.1 Å². The van der Waals surface area contributed by atoms with E-state index < -0.39 is 11.2 Å². The average molecular weight is 312 g/mol. The van der Waals surface area contributed by atoms with Crippen LogP contribution in [0.5, 0.6) is 23.0 Å². The van der Waals surface area contributed by atoms with Crippen molar-refractivity contribution in [2.24, 2.45) is 0 Å². The van der Waals surface area contributed by atoms with Crippen LogP contribution < -0.4 is 19.6 Å². The van der Waals surface area contributed by atoms with Gasteiger partial charge in [0.15, 0.2) is 17.3 Å². The maximum absolute atomic E-state index is 12.4. The van der Waals surface area contributed by atoms with Gasteiger partial charge in [0.2, 0.25) is 18.0 Å². The molecule has 4 rings (SSSR count). The summed E-state index contributed by atoms with van der Waals surface area (Å²) < 4.78 is 21.4. The number of hydrogen-bond donors (Lipinski definition) is 1. The van der Waals surface area contributed by atoms with Crippen LogP contribution in [-0.4, -0.2) is 19.0 Å². The van der Waals surface area contributed by atoms with Crippen LogP contribution in [0, 0.1) is 0 Å². The maximum atomic E-state index is 12.4. The van der Waals surface area contributed by atoms with Crippen molar-refractivity contribution in [2.45, 2.75) is 0 Å². The highest BCUT2D eigenvalue weighted by Crippen LogP contribution is 2.38. The minimum Gasteiger partial charge on any atom is -0.502 e. The van der Waals surface area contributed by atoms with Gasteiger partial charge in [-0.2, -0.15) is 0 Å². The quantitative estimate of drug-likeness (QED) is 0.784. The Labute approximate surface area is 130 Å². The molecule has 0 fully saturated rings. The van der Waals surface area contributed by atoms with Crippen LogP contribution in [-0.2, 0) is 0 Å². The Kier molecular flexibility index (Phi) is 2.90. The monoisotopic (exact) mass is 312 g/mol. The molecule has 2 aromatic carbocycles. The molecule has 1 aliphatic rings. The summed E-state index contributed by atoms with van der Waals surface area (Å²) in [6.07, 6.45) is 0. The molecule has 23 heavy (non-hydrogen) atoms. The summed E-state index contributed by atoms with van der Waals surface area (Å²) in [7, 11) is 1.50. The van der Waals surface area contributed by atoms with Gasteiger partial charge in [-0.1, -0.05) is 0 Å². The van der Waals surface area contributed by atoms with E-state index >= 15 is 0 Å². The summed E-state index contributed by atoms with van der Waals surface area (Å²) in [6, 6.07) is 9.91. The van der Waals surface area contributed by atoms with E-state index in [1.165, 1.54) is 13.2 Å². The highest BCUT2D eigenvalue weighted by atomic mass is 16.7. The standard InChI is InChI=1S/C17H12O6/c1-20-10-3-5-12-11(7-10)15(18)16(19)17(23-12)9-2-4-13-14(6-9)22-8-21-13/h2-7,19H,8H2,1H3. The lowest BCUT2D eigenvalue weighted by atomic mass is 10.1. The van der Waals surface area contributed by atoms with E-state index in [0.29, 0.717) is 28.4 Å². The molecule has 0 bridgehead atoms. The van der Waals surface area contributed by atoms with Crippen LogP contribution in [0.15, 0.2) is 45.6 Å². The molecule has 0 atom stereocenters. The van der Waals surface area contributed by atoms with E-state index in [1.54, 1.807) is 30.3 Å². The molecular weight excluding hydrogens is 300 g/mol. The van der Waals surface area contributed by atoms with Crippen molar-refractivity contribution < 1.29 is 23.7 Å². The molecule has 0 spiro atoms. The molecule has 3 aromatic rings. The first-order valence-corrected chi connectivity index (χ1v) is 6.91. The number of fused-ring (bicyclic) bond motifs is 2. The van der Waals surface area contributed by atoms with Gasteiger partial charge in [-0.25, -0.2) is 0 Å². The molecule has 0 aliphatic carbocycles. The fraction of sp³-hybridized carbons (Fsp3) is 0.118. The summed E-state index contributed by atoms with van der Waals surface area (Å²) >= 11 is 0. The second-order valence-electron chi connectivity index (χ2n) is 5.04. The fourth-order valence-electron chi connectivity index (χ4n) is 2.52. The van der Waals surface area contributed by atoms with Crippen LogP contribution in [0.1, 0.15) is 0 Å². The fourth-order valence-corrected chi connectivity index (χ4v) is 2.52. The third-order valence-corrected chi connectivity index (χ3v) is 3.71. The van der Waals surface area contributed by atoms with Crippen LogP contribution >= 0.6 is 0 Å². The van der Waals surface area contributed by atoms with E-state index in [0.717, 1.165) is 0 Å². The predicted octanol–water partition coefficient (Wildman–Crippen LogP) is 2.90. The molecule has 6 nitrogen and oxygen atoms in total. The SMILES string of the molecule is COc1ccc2oc(-c3ccc4c(c3)OCO4)c(O)c(=O)c2c1. The van der Waals surface area contributed by atoms with E-state index in [4.69, 9.17) is 18.6 Å². The summed E-state index contributed by atoms with van der Waals surface area (Å²) in [4.78, 5) is 12.4. The van der Waals surface area contributed by atoms with Gasteiger partial charge in [-0.15, -0.1) is 0 Å². The lowest BCUT2D eigenvalue weighted by Gasteiger charge is -2.07. The number of methoxy groups -OCH3 is 1. The Hall–Kier alpha value is -3.15. The number of benzene rings is 2. The summed E-state index contributed by atoms with van der Waals surface area (Å²) in [5.74, 6) is 1.30. The van der Waals surface area contributed by atoms with E-state index in [1.807, 2.05) is 0 Å². The molecule has 6 heteroatoms.